The first kappa shape index (κ1) is 16.2. The first-order valence-corrected chi connectivity index (χ1v) is 7.10. The van der Waals surface area contributed by atoms with E-state index in [-0.39, 0.29) is 11.8 Å². The van der Waals surface area contributed by atoms with Crippen molar-refractivity contribution in [2.75, 3.05) is 10.6 Å². The fourth-order valence-corrected chi connectivity index (χ4v) is 1.91. The molecule has 0 saturated heterocycles. The second-order valence-corrected chi connectivity index (χ2v) is 4.88. The van der Waals surface area contributed by atoms with Crippen molar-refractivity contribution in [2.45, 2.75) is 13.3 Å². The van der Waals surface area contributed by atoms with E-state index in [1.165, 1.54) is 12.1 Å². The monoisotopic (exact) mass is 311 g/mol. The van der Waals surface area contributed by atoms with Crippen LogP contribution in [0.4, 0.5) is 11.4 Å². The molecule has 0 aliphatic carbocycles. The number of nitrogens with two attached hydrogens (primary N) is 1. The summed E-state index contributed by atoms with van der Waals surface area (Å²) >= 11 is 0. The molecule has 118 valence electrons. The van der Waals surface area contributed by atoms with Gasteiger partial charge in [0.15, 0.2) is 0 Å². The van der Waals surface area contributed by atoms with E-state index in [0.717, 1.165) is 0 Å². The van der Waals surface area contributed by atoms with Gasteiger partial charge in [-0.2, -0.15) is 0 Å². The highest BCUT2D eigenvalue weighted by Gasteiger charge is 2.08. The average molecular weight is 311 g/mol. The number of primary amides is 1. The average Bonchev–Trinajstić information content (AvgIpc) is 2.55. The van der Waals surface area contributed by atoms with Crippen LogP contribution in [0.25, 0.3) is 0 Å². The van der Waals surface area contributed by atoms with Crippen LogP contribution < -0.4 is 16.4 Å². The van der Waals surface area contributed by atoms with Crippen LogP contribution in [0.15, 0.2) is 48.5 Å². The summed E-state index contributed by atoms with van der Waals surface area (Å²) in [4.78, 5) is 34.6. The maximum atomic E-state index is 12.2. The minimum Gasteiger partial charge on any atom is -0.366 e. The molecule has 0 spiro atoms. The van der Waals surface area contributed by atoms with Crippen molar-refractivity contribution in [1.82, 2.24) is 0 Å². The fraction of sp³-hybridized carbons (Fsp3) is 0.118. The maximum Gasteiger partial charge on any atom is 0.255 e. The Balaban J connectivity index is 2.09. The molecule has 0 radical (unpaired) electrons. The molecular weight excluding hydrogens is 294 g/mol. The summed E-state index contributed by atoms with van der Waals surface area (Å²) in [5, 5.41) is 5.42. The minimum absolute atomic E-state index is 0.121. The van der Waals surface area contributed by atoms with Crippen LogP contribution in [0.2, 0.25) is 0 Å². The number of nitrogens with one attached hydrogen (secondary N) is 2. The van der Waals surface area contributed by atoms with Crippen LogP contribution in [0.3, 0.4) is 0 Å². The molecular formula is C17H17N3O3. The highest BCUT2D eigenvalue weighted by Crippen LogP contribution is 2.14. The molecule has 3 amide bonds. The molecule has 0 saturated carbocycles. The third-order valence-corrected chi connectivity index (χ3v) is 3.16. The van der Waals surface area contributed by atoms with Gasteiger partial charge < -0.3 is 16.4 Å². The van der Waals surface area contributed by atoms with E-state index >= 15 is 0 Å². The standard InChI is InChI=1S/C17H17N3O3/c1-2-15(21)19-14-5-3-4-12(10-14)17(23)20-13-8-6-11(7-9-13)16(18)22/h3-10H,2H2,1H3,(H2,18,22)(H,19,21)(H,20,23). The molecule has 2 aromatic carbocycles. The van der Waals surface area contributed by atoms with Gasteiger partial charge in [0.25, 0.3) is 5.91 Å². The number of hydrogen-bond donors (Lipinski definition) is 3. The van der Waals surface area contributed by atoms with Crippen molar-refractivity contribution < 1.29 is 14.4 Å². The summed E-state index contributed by atoms with van der Waals surface area (Å²) in [6.45, 7) is 1.75. The van der Waals surface area contributed by atoms with Crippen molar-refractivity contribution in [1.29, 1.82) is 0 Å². The predicted octanol–water partition coefficient (Wildman–Crippen LogP) is 2.39. The molecule has 0 aromatic heterocycles. The number of benzene rings is 2. The number of carbonyl (C=O) groups is 3. The molecule has 23 heavy (non-hydrogen) atoms. The summed E-state index contributed by atoms with van der Waals surface area (Å²) in [7, 11) is 0. The highest BCUT2D eigenvalue weighted by molar-refractivity contribution is 6.05. The first-order valence-electron chi connectivity index (χ1n) is 7.10. The summed E-state index contributed by atoms with van der Waals surface area (Å²) in [6, 6.07) is 12.9. The van der Waals surface area contributed by atoms with Crippen molar-refractivity contribution in [3.8, 4) is 0 Å². The summed E-state index contributed by atoms with van der Waals surface area (Å²) in [5.74, 6) is -0.962. The number of amides is 3. The minimum atomic E-state index is -0.526. The zero-order valence-corrected chi connectivity index (χ0v) is 12.6. The van der Waals surface area contributed by atoms with E-state index in [2.05, 4.69) is 10.6 Å². The van der Waals surface area contributed by atoms with Gasteiger partial charge >= 0.3 is 0 Å². The molecule has 0 atom stereocenters. The third-order valence-electron chi connectivity index (χ3n) is 3.16. The SMILES string of the molecule is CCC(=O)Nc1cccc(C(=O)Nc2ccc(C(N)=O)cc2)c1. The molecule has 0 bridgehead atoms. The molecule has 0 heterocycles. The molecule has 0 aliphatic heterocycles. The Hall–Kier alpha value is -3.15. The lowest BCUT2D eigenvalue weighted by molar-refractivity contribution is -0.115. The normalized spacial score (nSPS) is 9.96. The molecule has 2 rings (SSSR count). The topological polar surface area (TPSA) is 101 Å². The summed E-state index contributed by atoms with van der Waals surface area (Å²) in [6.07, 6.45) is 0.364. The van der Waals surface area contributed by atoms with Gasteiger partial charge in [0, 0.05) is 28.9 Å². The summed E-state index contributed by atoms with van der Waals surface area (Å²) < 4.78 is 0. The smallest absolute Gasteiger partial charge is 0.255 e. The van der Waals surface area contributed by atoms with Crippen LogP contribution in [-0.4, -0.2) is 17.7 Å². The lowest BCUT2D eigenvalue weighted by Crippen LogP contribution is -2.14. The van der Waals surface area contributed by atoms with Crippen molar-refractivity contribution in [3.63, 3.8) is 0 Å². The van der Waals surface area contributed by atoms with E-state index in [1.54, 1.807) is 43.3 Å². The van der Waals surface area contributed by atoms with Crippen LogP contribution >= 0.6 is 0 Å². The predicted molar refractivity (Wildman–Crippen MR) is 88.3 cm³/mol. The molecule has 6 nitrogen and oxygen atoms in total. The second-order valence-electron chi connectivity index (χ2n) is 4.88. The van der Waals surface area contributed by atoms with E-state index in [9.17, 15) is 14.4 Å². The molecule has 4 N–H and O–H groups in total. The van der Waals surface area contributed by atoms with Gasteiger partial charge in [0.1, 0.15) is 0 Å². The Labute approximate surface area is 133 Å². The number of anilines is 2. The van der Waals surface area contributed by atoms with Gasteiger partial charge in [-0.3, -0.25) is 14.4 Å². The number of rotatable bonds is 5. The number of hydrogen-bond acceptors (Lipinski definition) is 3. The fourth-order valence-electron chi connectivity index (χ4n) is 1.91. The Morgan fingerprint density at radius 1 is 0.913 bits per heavy atom. The molecule has 0 unspecified atom stereocenters. The zero-order valence-electron chi connectivity index (χ0n) is 12.6. The van der Waals surface area contributed by atoms with E-state index in [0.29, 0.717) is 28.9 Å². The number of carbonyl (C=O) groups excluding carboxylic acids is 3. The summed E-state index contributed by atoms with van der Waals surface area (Å²) in [5.41, 5.74) is 7.05. The molecule has 0 aliphatic rings. The lowest BCUT2D eigenvalue weighted by atomic mass is 10.1. The van der Waals surface area contributed by atoms with Crippen molar-refractivity contribution in [2.24, 2.45) is 5.73 Å². The zero-order chi connectivity index (χ0) is 16.8. The Morgan fingerprint density at radius 3 is 2.22 bits per heavy atom. The van der Waals surface area contributed by atoms with Crippen LogP contribution in [-0.2, 0) is 4.79 Å². The van der Waals surface area contributed by atoms with Crippen LogP contribution in [0.1, 0.15) is 34.1 Å². The first-order chi connectivity index (χ1) is 11.0. The molecule has 6 heteroatoms. The van der Waals surface area contributed by atoms with Gasteiger partial charge in [-0.25, -0.2) is 0 Å². The Morgan fingerprint density at radius 2 is 1.61 bits per heavy atom. The van der Waals surface area contributed by atoms with E-state index in [1.807, 2.05) is 0 Å². The lowest BCUT2D eigenvalue weighted by Gasteiger charge is -2.08. The molecule has 0 fully saturated rings. The van der Waals surface area contributed by atoms with Gasteiger partial charge in [0.2, 0.25) is 11.8 Å². The molecule has 2 aromatic rings. The van der Waals surface area contributed by atoms with Gasteiger partial charge in [-0.15, -0.1) is 0 Å². The Kier molecular flexibility index (Phi) is 5.09. The van der Waals surface area contributed by atoms with E-state index < -0.39 is 5.91 Å². The quantitative estimate of drug-likeness (QED) is 0.790. The maximum absolute atomic E-state index is 12.2. The third kappa shape index (κ3) is 4.41. The van der Waals surface area contributed by atoms with E-state index in [4.69, 9.17) is 5.73 Å². The van der Waals surface area contributed by atoms with Crippen LogP contribution in [0.5, 0.6) is 0 Å². The second kappa shape index (κ2) is 7.22. The van der Waals surface area contributed by atoms with Gasteiger partial charge in [-0.05, 0) is 42.5 Å². The largest absolute Gasteiger partial charge is 0.366 e. The van der Waals surface area contributed by atoms with Crippen LogP contribution in [0, 0.1) is 0 Å². The highest BCUT2D eigenvalue weighted by atomic mass is 16.2. The van der Waals surface area contributed by atoms with Gasteiger partial charge in [0.05, 0.1) is 0 Å². The Bertz CT molecular complexity index is 739. The van der Waals surface area contributed by atoms with Crippen molar-refractivity contribution in [3.05, 3.63) is 59.7 Å². The van der Waals surface area contributed by atoms with Crippen molar-refractivity contribution >= 4 is 29.1 Å². The van der Waals surface area contributed by atoms with Gasteiger partial charge in [-0.1, -0.05) is 13.0 Å².